The van der Waals surface area contributed by atoms with E-state index < -0.39 is 0 Å². The fourth-order valence-electron chi connectivity index (χ4n) is 3.26. The zero-order valence-corrected chi connectivity index (χ0v) is 13.6. The number of likely N-dealkylation sites (tertiary alicyclic amines) is 1. The van der Waals surface area contributed by atoms with E-state index in [0.29, 0.717) is 19.6 Å². The van der Waals surface area contributed by atoms with Crippen LogP contribution in [0.5, 0.6) is 0 Å². The highest BCUT2D eigenvalue weighted by atomic mass is 16.7. The first-order valence-electron chi connectivity index (χ1n) is 8.47. The smallest absolute Gasteiger partial charge is 0.223 e. The topological polar surface area (TPSA) is 42.0 Å². The van der Waals surface area contributed by atoms with Crippen LogP contribution in [0.2, 0.25) is 0 Å². The van der Waals surface area contributed by atoms with Crippen molar-refractivity contribution in [1.82, 2.24) is 9.80 Å². The first-order chi connectivity index (χ1) is 10.2. The molecule has 0 saturated carbocycles. The first kappa shape index (κ1) is 16.7. The molecule has 0 unspecified atom stereocenters. The summed E-state index contributed by atoms with van der Waals surface area (Å²) in [5, 5.41) is 0. The van der Waals surface area contributed by atoms with Crippen LogP contribution in [0.1, 0.15) is 46.0 Å². The number of rotatable bonds is 7. The quantitative estimate of drug-likeness (QED) is 0.719. The third-order valence-electron chi connectivity index (χ3n) is 4.41. The molecule has 2 saturated heterocycles. The highest BCUT2D eigenvalue weighted by molar-refractivity contribution is 5.76. The fourth-order valence-corrected chi connectivity index (χ4v) is 3.26. The van der Waals surface area contributed by atoms with Crippen LogP contribution in [-0.4, -0.2) is 67.4 Å². The van der Waals surface area contributed by atoms with Gasteiger partial charge in [-0.05, 0) is 25.9 Å². The van der Waals surface area contributed by atoms with Gasteiger partial charge in [0, 0.05) is 38.9 Å². The first-order valence-corrected chi connectivity index (χ1v) is 8.47. The van der Waals surface area contributed by atoms with E-state index in [1.165, 1.54) is 0 Å². The highest BCUT2D eigenvalue weighted by Gasteiger charge is 2.40. The average Bonchev–Trinajstić information content (AvgIpc) is 2.94. The Morgan fingerprint density at radius 2 is 1.62 bits per heavy atom. The van der Waals surface area contributed by atoms with Crippen LogP contribution in [0.15, 0.2) is 0 Å². The lowest BCUT2D eigenvalue weighted by Gasteiger charge is -2.37. The molecule has 0 aromatic heterocycles. The summed E-state index contributed by atoms with van der Waals surface area (Å²) >= 11 is 0. The molecule has 0 bridgehead atoms. The number of ether oxygens (including phenoxy) is 2. The predicted octanol–water partition coefficient (Wildman–Crippen LogP) is 1.86. The Hall–Kier alpha value is -0.650. The van der Waals surface area contributed by atoms with Crippen molar-refractivity contribution in [3.05, 3.63) is 0 Å². The van der Waals surface area contributed by atoms with E-state index in [4.69, 9.17) is 9.47 Å². The Morgan fingerprint density at radius 1 is 1.05 bits per heavy atom. The second kappa shape index (κ2) is 8.11. The zero-order chi connectivity index (χ0) is 15.1. The van der Waals surface area contributed by atoms with Crippen LogP contribution >= 0.6 is 0 Å². The van der Waals surface area contributed by atoms with Crippen LogP contribution < -0.4 is 0 Å². The number of carbonyl (C=O) groups excluding carboxylic acids is 1. The Bertz CT molecular complexity index is 313. The van der Waals surface area contributed by atoms with Gasteiger partial charge < -0.3 is 19.3 Å². The Kier molecular flexibility index (Phi) is 6.45. The van der Waals surface area contributed by atoms with Gasteiger partial charge in [0.05, 0.1) is 13.2 Å². The molecule has 2 fully saturated rings. The van der Waals surface area contributed by atoms with E-state index >= 15 is 0 Å². The van der Waals surface area contributed by atoms with Crippen molar-refractivity contribution in [3.8, 4) is 0 Å². The molecular formula is C16H30N2O3. The minimum absolute atomic E-state index is 0.278. The molecule has 0 aliphatic carbocycles. The fraction of sp³-hybridized carbons (Fsp3) is 0.938. The molecule has 5 nitrogen and oxygen atoms in total. The maximum Gasteiger partial charge on any atom is 0.223 e. The van der Waals surface area contributed by atoms with Gasteiger partial charge in [-0.1, -0.05) is 13.8 Å². The Labute approximate surface area is 128 Å². The zero-order valence-electron chi connectivity index (χ0n) is 13.6. The number of piperidine rings is 1. The summed E-state index contributed by atoms with van der Waals surface area (Å²) in [5.74, 6) is -0.104. The predicted molar refractivity (Wildman–Crippen MR) is 82.1 cm³/mol. The lowest BCUT2D eigenvalue weighted by molar-refractivity contribution is -0.187. The molecule has 0 aromatic rings. The minimum atomic E-state index is -0.382. The van der Waals surface area contributed by atoms with E-state index in [-0.39, 0.29) is 11.7 Å². The largest absolute Gasteiger partial charge is 0.347 e. The Morgan fingerprint density at radius 3 is 2.14 bits per heavy atom. The molecule has 0 aromatic carbocycles. The third-order valence-corrected chi connectivity index (χ3v) is 4.41. The standard InChI is InChI=1S/C16H30N2O3/c1-3-8-17(9-4-2)10-5-15(19)18-11-6-16(7-12-18)20-13-14-21-16/h3-14H2,1-2H3. The van der Waals surface area contributed by atoms with Gasteiger partial charge in [-0.15, -0.1) is 0 Å². The van der Waals surface area contributed by atoms with Gasteiger partial charge in [-0.3, -0.25) is 4.79 Å². The Balaban J connectivity index is 1.71. The van der Waals surface area contributed by atoms with E-state index in [0.717, 1.165) is 58.4 Å². The summed E-state index contributed by atoms with van der Waals surface area (Å²) in [4.78, 5) is 16.7. The van der Waals surface area contributed by atoms with Crippen molar-refractivity contribution >= 4 is 5.91 Å². The molecule has 2 rings (SSSR count). The molecule has 2 aliphatic heterocycles. The molecular weight excluding hydrogens is 268 g/mol. The maximum absolute atomic E-state index is 12.3. The molecule has 21 heavy (non-hydrogen) atoms. The summed E-state index contributed by atoms with van der Waals surface area (Å²) in [6, 6.07) is 0. The number of hydrogen-bond acceptors (Lipinski definition) is 4. The van der Waals surface area contributed by atoms with Crippen LogP contribution in [0.25, 0.3) is 0 Å². The van der Waals surface area contributed by atoms with Crippen molar-refractivity contribution in [1.29, 1.82) is 0 Å². The molecule has 0 radical (unpaired) electrons. The molecule has 122 valence electrons. The van der Waals surface area contributed by atoms with Crippen LogP contribution in [0, 0.1) is 0 Å². The van der Waals surface area contributed by atoms with Crippen molar-refractivity contribution in [2.45, 2.75) is 51.7 Å². The van der Waals surface area contributed by atoms with E-state index in [1.807, 2.05) is 4.90 Å². The molecule has 1 spiro atoms. The maximum atomic E-state index is 12.3. The van der Waals surface area contributed by atoms with Gasteiger partial charge in [0.25, 0.3) is 0 Å². The van der Waals surface area contributed by atoms with Gasteiger partial charge in [0.1, 0.15) is 0 Å². The number of nitrogens with zero attached hydrogens (tertiary/aromatic N) is 2. The van der Waals surface area contributed by atoms with Crippen LogP contribution in [-0.2, 0) is 14.3 Å². The van der Waals surface area contributed by atoms with Crippen molar-refractivity contribution in [2.24, 2.45) is 0 Å². The normalized spacial score (nSPS) is 21.4. The van der Waals surface area contributed by atoms with Crippen LogP contribution in [0.4, 0.5) is 0 Å². The molecule has 0 N–H and O–H groups in total. The van der Waals surface area contributed by atoms with Crippen molar-refractivity contribution < 1.29 is 14.3 Å². The number of amides is 1. The number of carbonyl (C=O) groups is 1. The number of hydrogen-bond donors (Lipinski definition) is 0. The van der Waals surface area contributed by atoms with Crippen molar-refractivity contribution in [2.75, 3.05) is 45.9 Å². The summed E-state index contributed by atoms with van der Waals surface area (Å²) in [5.41, 5.74) is 0. The van der Waals surface area contributed by atoms with Crippen LogP contribution in [0.3, 0.4) is 0 Å². The summed E-state index contributed by atoms with van der Waals surface area (Å²) in [7, 11) is 0. The molecule has 2 aliphatic rings. The highest BCUT2D eigenvalue weighted by Crippen LogP contribution is 2.31. The monoisotopic (exact) mass is 298 g/mol. The van der Waals surface area contributed by atoms with Gasteiger partial charge in [0.15, 0.2) is 5.79 Å². The van der Waals surface area contributed by atoms with E-state index in [9.17, 15) is 4.79 Å². The second-order valence-electron chi connectivity index (χ2n) is 6.08. The lowest BCUT2D eigenvalue weighted by atomic mass is 10.0. The SMILES string of the molecule is CCCN(CCC)CCC(=O)N1CCC2(CC1)OCCO2. The minimum Gasteiger partial charge on any atom is -0.347 e. The second-order valence-corrected chi connectivity index (χ2v) is 6.08. The van der Waals surface area contributed by atoms with Crippen molar-refractivity contribution in [3.63, 3.8) is 0 Å². The lowest BCUT2D eigenvalue weighted by Crippen LogP contribution is -2.47. The summed E-state index contributed by atoms with van der Waals surface area (Å²) in [6.07, 6.45) is 4.55. The third kappa shape index (κ3) is 4.66. The van der Waals surface area contributed by atoms with E-state index in [1.54, 1.807) is 0 Å². The average molecular weight is 298 g/mol. The van der Waals surface area contributed by atoms with Gasteiger partial charge >= 0.3 is 0 Å². The molecule has 2 heterocycles. The molecule has 1 amide bonds. The molecule has 5 heteroatoms. The van der Waals surface area contributed by atoms with Gasteiger partial charge in [-0.25, -0.2) is 0 Å². The van der Waals surface area contributed by atoms with E-state index in [2.05, 4.69) is 18.7 Å². The summed E-state index contributed by atoms with van der Waals surface area (Å²) < 4.78 is 11.4. The van der Waals surface area contributed by atoms with Gasteiger partial charge in [-0.2, -0.15) is 0 Å². The summed E-state index contributed by atoms with van der Waals surface area (Å²) in [6.45, 7) is 10.4. The van der Waals surface area contributed by atoms with Gasteiger partial charge in [0.2, 0.25) is 5.91 Å². The molecule has 0 atom stereocenters.